The summed E-state index contributed by atoms with van der Waals surface area (Å²) < 4.78 is 5.35. The number of aromatic nitrogens is 1. The molecule has 0 fully saturated rings. The van der Waals surface area contributed by atoms with Gasteiger partial charge in [0.2, 0.25) is 0 Å². The molecule has 0 saturated heterocycles. The Labute approximate surface area is 155 Å². The minimum absolute atomic E-state index is 0.0155. The number of nitrogens with zero attached hydrogens (tertiary/aromatic N) is 1. The van der Waals surface area contributed by atoms with E-state index in [-0.39, 0.29) is 34.4 Å². The van der Waals surface area contributed by atoms with E-state index in [0.717, 1.165) is 0 Å². The third kappa shape index (κ3) is 3.27. The fourth-order valence-corrected chi connectivity index (χ4v) is 2.88. The molecule has 0 aliphatic rings. The largest absolute Gasteiger partial charge is 0.508 e. The Bertz CT molecular complexity index is 1020. The van der Waals surface area contributed by atoms with Crippen LogP contribution in [0.25, 0.3) is 22.5 Å². The van der Waals surface area contributed by atoms with Crippen molar-refractivity contribution in [2.75, 3.05) is 0 Å². The molecule has 0 radical (unpaired) electrons. The average Bonchev–Trinajstić information content (AvgIpc) is 3.06. The number of benzene rings is 2. The third-order valence-corrected chi connectivity index (χ3v) is 4.27. The van der Waals surface area contributed by atoms with E-state index in [4.69, 9.17) is 10.3 Å². The number of aldehydes is 1. The summed E-state index contributed by atoms with van der Waals surface area (Å²) in [5.74, 6) is -0.935. The Morgan fingerprint density at radius 1 is 1.15 bits per heavy atom. The molecule has 1 heterocycles. The molecule has 4 N–H and O–H groups in total. The number of carbonyl (C=O) groups is 2. The number of amides is 1. The molecule has 3 rings (SSSR count). The quantitative estimate of drug-likeness (QED) is 0.594. The number of aromatic hydroxyl groups is 2. The van der Waals surface area contributed by atoms with Crippen molar-refractivity contribution in [2.45, 2.75) is 19.8 Å². The van der Waals surface area contributed by atoms with Crippen LogP contribution in [0.5, 0.6) is 11.5 Å². The second kappa shape index (κ2) is 6.95. The molecule has 27 heavy (non-hydrogen) atoms. The lowest BCUT2D eigenvalue weighted by Crippen LogP contribution is -2.12. The first-order valence-electron chi connectivity index (χ1n) is 8.24. The van der Waals surface area contributed by atoms with Crippen LogP contribution in [0.2, 0.25) is 0 Å². The van der Waals surface area contributed by atoms with Gasteiger partial charge in [-0.1, -0.05) is 43.3 Å². The van der Waals surface area contributed by atoms with E-state index in [0.29, 0.717) is 28.5 Å². The Kier molecular flexibility index (Phi) is 4.68. The van der Waals surface area contributed by atoms with Gasteiger partial charge in [-0.25, -0.2) is 0 Å². The number of hydrogen-bond donors (Lipinski definition) is 3. The van der Waals surface area contributed by atoms with Gasteiger partial charge in [0.05, 0.1) is 11.1 Å². The van der Waals surface area contributed by atoms with E-state index in [1.165, 1.54) is 6.07 Å². The molecule has 7 nitrogen and oxygen atoms in total. The minimum Gasteiger partial charge on any atom is -0.508 e. The maximum absolute atomic E-state index is 11.8. The highest BCUT2D eigenvalue weighted by molar-refractivity contribution is 6.02. The molecule has 0 saturated carbocycles. The molecule has 1 aromatic heterocycles. The van der Waals surface area contributed by atoms with Crippen molar-refractivity contribution < 1.29 is 24.3 Å². The fourth-order valence-electron chi connectivity index (χ4n) is 2.88. The van der Waals surface area contributed by atoms with Crippen molar-refractivity contribution in [3.8, 4) is 33.9 Å². The van der Waals surface area contributed by atoms with Crippen molar-refractivity contribution >= 4 is 12.2 Å². The van der Waals surface area contributed by atoms with Crippen molar-refractivity contribution in [1.82, 2.24) is 5.16 Å². The Hall–Kier alpha value is -3.61. The fraction of sp³-hybridized carbons (Fsp3) is 0.150. The Morgan fingerprint density at radius 2 is 1.81 bits per heavy atom. The van der Waals surface area contributed by atoms with E-state index in [1.807, 2.05) is 13.8 Å². The maximum atomic E-state index is 11.8. The van der Waals surface area contributed by atoms with E-state index < -0.39 is 5.91 Å². The van der Waals surface area contributed by atoms with Crippen molar-refractivity contribution in [3.63, 3.8) is 0 Å². The van der Waals surface area contributed by atoms with Gasteiger partial charge in [0.15, 0.2) is 11.5 Å². The lowest BCUT2D eigenvalue weighted by atomic mass is 9.94. The van der Waals surface area contributed by atoms with Gasteiger partial charge in [0.1, 0.15) is 17.8 Å². The van der Waals surface area contributed by atoms with Crippen LogP contribution < -0.4 is 5.73 Å². The highest BCUT2D eigenvalue weighted by Crippen LogP contribution is 2.42. The van der Waals surface area contributed by atoms with Crippen LogP contribution in [0.1, 0.15) is 46.2 Å². The molecule has 1 amide bonds. The molecule has 0 spiro atoms. The molecule has 138 valence electrons. The van der Waals surface area contributed by atoms with E-state index >= 15 is 0 Å². The molecule has 3 aromatic rings. The first-order chi connectivity index (χ1) is 12.8. The molecular weight excluding hydrogens is 348 g/mol. The Balaban J connectivity index is 2.27. The normalized spacial score (nSPS) is 10.9. The summed E-state index contributed by atoms with van der Waals surface area (Å²) in [6.45, 7) is 3.79. The SMILES string of the molecule is CC(C)c1cc(-c2onc(C(N)=O)c2-c2ccc(C=O)cc2)c(O)cc1O. The highest BCUT2D eigenvalue weighted by atomic mass is 16.5. The number of hydrogen-bond acceptors (Lipinski definition) is 6. The van der Waals surface area contributed by atoms with Crippen LogP contribution in [-0.4, -0.2) is 27.6 Å². The smallest absolute Gasteiger partial charge is 0.271 e. The topological polar surface area (TPSA) is 127 Å². The molecule has 0 aliphatic carbocycles. The molecule has 2 aromatic carbocycles. The average molecular weight is 366 g/mol. The van der Waals surface area contributed by atoms with E-state index in [9.17, 15) is 19.8 Å². The molecule has 0 atom stereocenters. The van der Waals surface area contributed by atoms with Crippen LogP contribution in [0.15, 0.2) is 40.9 Å². The first kappa shape index (κ1) is 18.2. The predicted octanol–water partition coefficient (Wildman–Crippen LogP) is 3.45. The van der Waals surface area contributed by atoms with Gasteiger partial charge in [0, 0.05) is 11.6 Å². The van der Waals surface area contributed by atoms with Crippen LogP contribution in [0.4, 0.5) is 0 Å². The second-order valence-electron chi connectivity index (χ2n) is 6.42. The molecule has 0 unspecified atom stereocenters. The summed E-state index contributed by atoms with van der Waals surface area (Å²) in [7, 11) is 0. The van der Waals surface area contributed by atoms with Gasteiger partial charge in [-0.15, -0.1) is 0 Å². The summed E-state index contributed by atoms with van der Waals surface area (Å²) in [6, 6.07) is 9.24. The third-order valence-electron chi connectivity index (χ3n) is 4.27. The minimum atomic E-state index is -0.790. The summed E-state index contributed by atoms with van der Waals surface area (Å²) in [5, 5.41) is 24.2. The van der Waals surface area contributed by atoms with Crippen molar-refractivity contribution in [2.24, 2.45) is 5.73 Å². The predicted molar refractivity (Wildman–Crippen MR) is 98.7 cm³/mol. The van der Waals surface area contributed by atoms with Crippen LogP contribution >= 0.6 is 0 Å². The number of rotatable bonds is 5. The van der Waals surface area contributed by atoms with Crippen LogP contribution in [0.3, 0.4) is 0 Å². The lowest BCUT2D eigenvalue weighted by molar-refractivity contribution is 0.0992. The van der Waals surface area contributed by atoms with Gasteiger partial charge in [-0.05, 0) is 23.1 Å². The van der Waals surface area contributed by atoms with Crippen LogP contribution in [0, 0.1) is 0 Å². The summed E-state index contributed by atoms with van der Waals surface area (Å²) in [6.07, 6.45) is 0.702. The molecular formula is C20H18N2O5. The number of primary amides is 1. The molecule has 7 heteroatoms. The standard InChI is InChI=1S/C20H18N2O5/c1-10(2)13-7-14(16(25)8-15(13)24)19-17(18(20(21)26)22-27-19)12-5-3-11(9-23)4-6-12/h3-10,24-25H,1-2H3,(H2,21,26). The van der Waals surface area contributed by atoms with Crippen molar-refractivity contribution in [3.05, 3.63) is 53.2 Å². The van der Waals surface area contributed by atoms with Gasteiger partial charge in [-0.2, -0.15) is 0 Å². The zero-order valence-electron chi connectivity index (χ0n) is 14.8. The molecule has 0 bridgehead atoms. The first-order valence-corrected chi connectivity index (χ1v) is 8.24. The zero-order valence-corrected chi connectivity index (χ0v) is 14.8. The lowest BCUT2D eigenvalue weighted by Gasteiger charge is -2.12. The van der Waals surface area contributed by atoms with Gasteiger partial charge in [-0.3, -0.25) is 9.59 Å². The number of phenolic OH excluding ortho intramolecular Hbond substituents is 2. The zero-order chi connectivity index (χ0) is 19.7. The monoisotopic (exact) mass is 366 g/mol. The highest BCUT2D eigenvalue weighted by Gasteiger charge is 2.26. The van der Waals surface area contributed by atoms with E-state index in [2.05, 4.69) is 5.16 Å². The summed E-state index contributed by atoms with van der Waals surface area (Å²) >= 11 is 0. The summed E-state index contributed by atoms with van der Waals surface area (Å²) in [4.78, 5) is 22.7. The van der Waals surface area contributed by atoms with Crippen LogP contribution in [-0.2, 0) is 0 Å². The number of carbonyl (C=O) groups excluding carboxylic acids is 2. The summed E-state index contributed by atoms with van der Waals surface area (Å²) in [5.41, 5.74) is 7.51. The molecule has 0 aliphatic heterocycles. The van der Waals surface area contributed by atoms with E-state index in [1.54, 1.807) is 30.3 Å². The Morgan fingerprint density at radius 3 is 2.37 bits per heavy atom. The second-order valence-corrected chi connectivity index (χ2v) is 6.42. The maximum Gasteiger partial charge on any atom is 0.271 e. The van der Waals surface area contributed by atoms with Gasteiger partial charge < -0.3 is 20.5 Å². The number of nitrogens with two attached hydrogens (primary N) is 1. The van der Waals surface area contributed by atoms with Crippen molar-refractivity contribution in [1.29, 1.82) is 0 Å². The van der Waals surface area contributed by atoms with Gasteiger partial charge >= 0.3 is 0 Å². The number of phenols is 2. The van der Waals surface area contributed by atoms with Gasteiger partial charge in [0.25, 0.3) is 5.91 Å².